The standard InChI is InChI=1S/C20H21NO5/c1-20(2,3)18-7-5-4-6-17(18)19(22)13-8-14(21(23)24)10-15(9-13)25-11-16-12-26-16/h4-10,16H,11-12H2,1-3H3. The van der Waals surface area contributed by atoms with Crippen molar-refractivity contribution in [1.82, 2.24) is 0 Å². The summed E-state index contributed by atoms with van der Waals surface area (Å²) in [6, 6.07) is 11.5. The lowest BCUT2D eigenvalue weighted by Gasteiger charge is -2.22. The second-order valence-electron chi connectivity index (χ2n) is 7.36. The van der Waals surface area contributed by atoms with Gasteiger partial charge in [0.15, 0.2) is 5.78 Å². The van der Waals surface area contributed by atoms with Gasteiger partial charge in [-0.05, 0) is 17.0 Å². The number of benzene rings is 2. The Morgan fingerprint density at radius 1 is 1.27 bits per heavy atom. The smallest absolute Gasteiger partial charge is 0.273 e. The topological polar surface area (TPSA) is 82.0 Å². The van der Waals surface area contributed by atoms with Crippen LogP contribution in [0, 0.1) is 10.1 Å². The normalized spacial score (nSPS) is 16.2. The van der Waals surface area contributed by atoms with Gasteiger partial charge in [-0.2, -0.15) is 0 Å². The zero-order chi connectivity index (χ0) is 18.9. The predicted octanol–water partition coefficient (Wildman–Crippen LogP) is 3.90. The van der Waals surface area contributed by atoms with E-state index in [2.05, 4.69) is 0 Å². The van der Waals surface area contributed by atoms with E-state index in [1.165, 1.54) is 12.1 Å². The highest BCUT2D eigenvalue weighted by molar-refractivity contribution is 6.10. The largest absolute Gasteiger partial charge is 0.491 e. The summed E-state index contributed by atoms with van der Waals surface area (Å²) in [5.74, 6) is 0.0398. The summed E-state index contributed by atoms with van der Waals surface area (Å²) < 4.78 is 10.6. The molecule has 0 N–H and O–H groups in total. The Bertz CT molecular complexity index is 850. The Hall–Kier alpha value is -2.73. The van der Waals surface area contributed by atoms with Crippen molar-refractivity contribution < 1.29 is 19.2 Å². The Labute approximate surface area is 151 Å². The lowest BCUT2D eigenvalue weighted by molar-refractivity contribution is -0.385. The van der Waals surface area contributed by atoms with Crippen LogP contribution in [0.2, 0.25) is 0 Å². The number of non-ortho nitro benzene ring substituents is 1. The molecule has 2 aromatic carbocycles. The maximum absolute atomic E-state index is 13.1. The van der Waals surface area contributed by atoms with Crippen molar-refractivity contribution in [1.29, 1.82) is 0 Å². The molecule has 1 saturated heterocycles. The molecule has 2 aromatic rings. The van der Waals surface area contributed by atoms with Crippen molar-refractivity contribution in [2.24, 2.45) is 0 Å². The second-order valence-corrected chi connectivity index (χ2v) is 7.36. The molecule has 26 heavy (non-hydrogen) atoms. The maximum Gasteiger partial charge on any atom is 0.273 e. The molecule has 0 aliphatic carbocycles. The molecule has 0 bridgehead atoms. The van der Waals surface area contributed by atoms with Crippen LogP contribution in [0.4, 0.5) is 5.69 Å². The summed E-state index contributed by atoms with van der Waals surface area (Å²) in [6.07, 6.45) is 0.0232. The summed E-state index contributed by atoms with van der Waals surface area (Å²) in [5.41, 5.74) is 1.27. The molecule has 6 nitrogen and oxygen atoms in total. The lowest BCUT2D eigenvalue weighted by atomic mass is 9.82. The van der Waals surface area contributed by atoms with E-state index in [4.69, 9.17) is 9.47 Å². The molecule has 136 valence electrons. The first-order valence-corrected chi connectivity index (χ1v) is 8.44. The van der Waals surface area contributed by atoms with E-state index in [1.54, 1.807) is 18.2 Å². The molecule has 1 heterocycles. The number of ketones is 1. The fraction of sp³-hybridized carbons (Fsp3) is 0.350. The van der Waals surface area contributed by atoms with Crippen molar-refractivity contribution in [3.8, 4) is 5.75 Å². The van der Waals surface area contributed by atoms with Crippen LogP contribution in [-0.4, -0.2) is 30.0 Å². The van der Waals surface area contributed by atoms with Gasteiger partial charge in [-0.25, -0.2) is 0 Å². The number of nitrogens with zero attached hydrogens (tertiary/aromatic N) is 1. The minimum absolute atomic E-state index is 0.0232. The van der Waals surface area contributed by atoms with Gasteiger partial charge >= 0.3 is 0 Å². The van der Waals surface area contributed by atoms with Crippen LogP contribution >= 0.6 is 0 Å². The third-order valence-corrected chi connectivity index (χ3v) is 4.18. The Balaban J connectivity index is 1.99. The van der Waals surface area contributed by atoms with Crippen LogP contribution in [0.25, 0.3) is 0 Å². The van der Waals surface area contributed by atoms with E-state index in [1.807, 2.05) is 32.9 Å². The third kappa shape index (κ3) is 4.08. The highest BCUT2D eigenvalue weighted by atomic mass is 16.6. The minimum atomic E-state index is -0.521. The maximum atomic E-state index is 13.1. The number of nitro groups is 1. The number of hydrogen-bond acceptors (Lipinski definition) is 5. The van der Waals surface area contributed by atoms with Gasteiger partial charge in [-0.15, -0.1) is 0 Å². The molecule has 6 heteroatoms. The van der Waals surface area contributed by atoms with E-state index in [0.29, 0.717) is 24.5 Å². The van der Waals surface area contributed by atoms with Crippen molar-refractivity contribution >= 4 is 11.5 Å². The molecule has 1 aliphatic heterocycles. The number of ether oxygens (including phenoxy) is 2. The Morgan fingerprint density at radius 2 is 1.96 bits per heavy atom. The van der Waals surface area contributed by atoms with E-state index in [9.17, 15) is 14.9 Å². The van der Waals surface area contributed by atoms with Crippen molar-refractivity contribution in [3.63, 3.8) is 0 Å². The fourth-order valence-corrected chi connectivity index (χ4v) is 2.75. The first-order valence-electron chi connectivity index (χ1n) is 8.44. The summed E-state index contributed by atoms with van der Waals surface area (Å²) in [7, 11) is 0. The van der Waals surface area contributed by atoms with Crippen LogP contribution in [0.1, 0.15) is 42.3 Å². The van der Waals surface area contributed by atoms with Crippen molar-refractivity contribution in [2.45, 2.75) is 32.3 Å². The van der Waals surface area contributed by atoms with Crippen molar-refractivity contribution in [3.05, 3.63) is 69.3 Å². The van der Waals surface area contributed by atoms with Gasteiger partial charge in [0, 0.05) is 17.2 Å². The van der Waals surface area contributed by atoms with Gasteiger partial charge in [0.2, 0.25) is 0 Å². The number of rotatable bonds is 6. The zero-order valence-electron chi connectivity index (χ0n) is 15.0. The average molecular weight is 355 g/mol. The van der Waals surface area contributed by atoms with Crippen LogP contribution in [-0.2, 0) is 10.2 Å². The molecular weight excluding hydrogens is 334 g/mol. The van der Waals surface area contributed by atoms with Crippen LogP contribution in [0.5, 0.6) is 5.75 Å². The van der Waals surface area contributed by atoms with E-state index >= 15 is 0 Å². The second kappa shape index (κ2) is 6.88. The van der Waals surface area contributed by atoms with Gasteiger partial charge in [0.1, 0.15) is 18.5 Å². The number of carbonyl (C=O) groups is 1. The van der Waals surface area contributed by atoms with Gasteiger partial charge in [0.05, 0.1) is 17.6 Å². The van der Waals surface area contributed by atoms with Crippen molar-refractivity contribution in [2.75, 3.05) is 13.2 Å². The number of nitro benzene ring substituents is 1. The molecule has 1 unspecified atom stereocenters. The van der Waals surface area contributed by atoms with Gasteiger partial charge < -0.3 is 9.47 Å². The first kappa shape index (κ1) is 18.1. The number of hydrogen-bond donors (Lipinski definition) is 0. The molecule has 0 aromatic heterocycles. The molecule has 0 radical (unpaired) electrons. The quantitative estimate of drug-likeness (QED) is 0.340. The van der Waals surface area contributed by atoms with Crippen LogP contribution in [0.3, 0.4) is 0 Å². The van der Waals surface area contributed by atoms with Gasteiger partial charge in [0.25, 0.3) is 5.69 Å². The molecule has 3 rings (SSSR count). The highest BCUT2D eigenvalue weighted by Crippen LogP contribution is 2.30. The number of epoxide rings is 1. The third-order valence-electron chi connectivity index (χ3n) is 4.18. The molecule has 0 amide bonds. The monoisotopic (exact) mass is 355 g/mol. The summed E-state index contributed by atoms with van der Waals surface area (Å²) >= 11 is 0. The molecule has 1 aliphatic rings. The minimum Gasteiger partial charge on any atom is -0.491 e. The molecule has 0 spiro atoms. The number of carbonyl (C=O) groups excluding carboxylic acids is 1. The highest BCUT2D eigenvalue weighted by Gasteiger charge is 2.26. The van der Waals surface area contributed by atoms with E-state index in [-0.39, 0.29) is 28.6 Å². The summed E-state index contributed by atoms with van der Waals surface area (Å²) in [6.45, 7) is 7.01. The summed E-state index contributed by atoms with van der Waals surface area (Å²) in [5, 5.41) is 11.3. The predicted molar refractivity (Wildman–Crippen MR) is 96.9 cm³/mol. The first-order chi connectivity index (χ1) is 12.3. The molecule has 1 fully saturated rings. The Morgan fingerprint density at radius 3 is 2.58 bits per heavy atom. The average Bonchev–Trinajstić information content (AvgIpc) is 3.42. The van der Waals surface area contributed by atoms with E-state index in [0.717, 1.165) is 5.56 Å². The van der Waals surface area contributed by atoms with Crippen LogP contribution in [0.15, 0.2) is 42.5 Å². The molecular formula is C20H21NO5. The van der Waals surface area contributed by atoms with Gasteiger partial charge in [-0.1, -0.05) is 45.0 Å². The molecule has 0 saturated carbocycles. The fourth-order valence-electron chi connectivity index (χ4n) is 2.75. The zero-order valence-corrected chi connectivity index (χ0v) is 15.0. The summed E-state index contributed by atoms with van der Waals surface area (Å²) in [4.78, 5) is 23.8. The molecule has 1 atom stereocenters. The van der Waals surface area contributed by atoms with Gasteiger partial charge in [-0.3, -0.25) is 14.9 Å². The van der Waals surface area contributed by atoms with E-state index < -0.39 is 4.92 Å². The SMILES string of the molecule is CC(C)(C)c1ccccc1C(=O)c1cc(OCC2CO2)cc([N+](=O)[O-])c1. The lowest BCUT2D eigenvalue weighted by Crippen LogP contribution is -2.17. The Kier molecular flexibility index (Phi) is 4.78. The van der Waals surface area contributed by atoms with Crippen LogP contribution < -0.4 is 4.74 Å².